The summed E-state index contributed by atoms with van der Waals surface area (Å²) in [7, 11) is 1.78. The third-order valence-electron chi connectivity index (χ3n) is 4.20. The lowest BCUT2D eigenvalue weighted by molar-refractivity contribution is -0.149. The molecule has 24 heavy (non-hydrogen) atoms. The quantitative estimate of drug-likeness (QED) is 0.517. The Kier molecular flexibility index (Phi) is 5.34. The first kappa shape index (κ1) is 16.8. The van der Waals surface area contributed by atoms with Crippen LogP contribution in [0.25, 0.3) is 4.96 Å². The van der Waals surface area contributed by atoms with E-state index in [1.165, 1.54) is 0 Å². The van der Waals surface area contributed by atoms with E-state index in [1.54, 1.807) is 18.4 Å². The van der Waals surface area contributed by atoms with Gasteiger partial charge in [-0.3, -0.25) is 14.2 Å². The summed E-state index contributed by atoms with van der Waals surface area (Å²) in [6.45, 7) is 4.55. The molecule has 2 aromatic rings. The van der Waals surface area contributed by atoms with Crippen LogP contribution in [0, 0.1) is 5.92 Å². The van der Waals surface area contributed by atoms with E-state index in [4.69, 9.17) is 4.74 Å². The largest absolute Gasteiger partial charge is 0.466 e. The van der Waals surface area contributed by atoms with Gasteiger partial charge in [-0.1, -0.05) is 0 Å². The van der Waals surface area contributed by atoms with Crippen molar-refractivity contribution in [1.82, 2.24) is 19.6 Å². The van der Waals surface area contributed by atoms with Crippen LogP contribution in [0.1, 0.15) is 25.5 Å². The van der Waals surface area contributed by atoms with Gasteiger partial charge in [0.05, 0.1) is 24.8 Å². The number of carbonyl (C=O) groups is 1. The summed E-state index contributed by atoms with van der Waals surface area (Å²) < 4.78 is 7.14. The Morgan fingerprint density at radius 2 is 2.29 bits per heavy atom. The Morgan fingerprint density at radius 3 is 2.96 bits per heavy atom. The summed E-state index contributed by atoms with van der Waals surface area (Å²) in [5, 5.41) is 5.38. The van der Waals surface area contributed by atoms with Crippen LogP contribution in [-0.4, -0.2) is 53.0 Å². The SMILES string of the molecule is CCOC(=O)C1CCN(C(=NC)NCc2cn3ccsc3n2)CC1. The molecule has 1 N–H and O–H groups in total. The Hall–Kier alpha value is -2.09. The van der Waals surface area contributed by atoms with Crippen LogP contribution in [0.5, 0.6) is 0 Å². The molecule has 130 valence electrons. The second-order valence-corrected chi connectivity index (χ2v) is 6.61. The van der Waals surface area contributed by atoms with Crippen molar-refractivity contribution in [2.24, 2.45) is 10.9 Å². The molecule has 7 nitrogen and oxygen atoms in total. The number of nitrogens with one attached hydrogen (secondary N) is 1. The summed E-state index contributed by atoms with van der Waals surface area (Å²) in [4.78, 5) is 23.9. The Balaban J connectivity index is 1.52. The molecule has 1 aliphatic rings. The highest BCUT2D eigenvalue weighted by molar-refractivity contribution is 7.15. The Morgan fingerprint density at radius 1 is 1.50 bits per heavy atom. The first-order valence-electron chi connectivity index (χ1n) is 8.24. The smallest absolute Gasteiger partial charge is 0.309 e. The maximum Gasteiger partial charge on any atom is 0.309 e. The number of likely N-dealkylation sites (tertiary alicyclic amines) is 1. The number of esters is 1. The van der Waals surface area contributed by atoms with E-state index in [2.05, 4.69) is 20.2 Å². The van der Waals surface area contributed by atoms with Crippen LogP contribution < -0.4 is 5.32 Å². The monoisotopic (exact) mass is 349 g/mol. The molecule has 2 aromatic heterocycles. The van der Waals surface area contributed by atoms with Gasteiger partial charge in [-0.2, -0.15) is 0 Å². The highest BCUT2D eigenvalue weighted by Crippen LogP contribution is 2.19. The maximum absolute atomic E-state index is 11.8. The predicted octanol–water partition coefficient (Wildman–Crippen LogP) is 1.75. The van der Waals surface area contributed by atoms with E-state index >= 15 is 0 Å². The topological polar surface area (TPSA) is 71.2 Å². The number of hydrogen-bond donors (Lipinski definition) is 1. The fraction of sp³-hybridized carbons (Fsp3) is 0.562. The number of aromatic nitrogens is 2. The minimum Gasteiger partial charge on any atom is -0.466 e. The lowest BCUT2D eigenvalue weighted by Crippen LogP contribution is -2.46. The van der Waals surface area contributed by atoms with Crippen molar-refractivity contribution in [2.45, 2.75) is 26.3 Å². The van der Waals surface area contributed by atoms with Crippen LogP contribution >= 0.6 is 11.3 Å². The number of nitrogens with zero attached hydrogens (tertiary/aromatic N) is 4. The van der Waals surface area contributed by atoms with Crippen molar-refractivity contribution < 1.29 is 9.53 Å². The Bertz CT molecular complexity index is 686. The summed E-state index contributed by atoms with van der Waals surface area (Å²) in [6.07, 6.45) is 5.64. The van der Waals surface area contributed by atoms with Crippen molar-refractivity contribution in [2.75, 3.05) is 26.7 Å². The van der Waals surface area contributed by atoms with E-state index in [1.807, 2.05) is 29.1 Å². The number of guanidine groups is 1. The fourth-order valence-corrected chi connectivity index (χ4v) is 3.67. The van der Waals surface area contributed by atoms with E-state index in [9.17, 15) is 4.79 Å². The van der Waals surface area contributed by atoms with Gasteiger partial charge in [-0.05, 0) is 19.8 Å². The van der Waals surface area contributed by atoms with E-state index in [-0.39, 0.29) is 11.9 Å². The molecule has 0 spiro atoms. The van der Waals surface area contributed by atoms with Crippen LogP contribution in [-0.2, 0) is 16.1 Å². The minimum absolute atomic E-state index is 0.0132. The molecule has 0 radical (unpaired) electrons. The van der Waals surface area contributed by atoms with E-state index in [0.717, 1.165) is 42.5 Å². The van der Waals surface area contributed by atoms with Crippen molar-refractivity contribution in [3.63, 3.8) is 0 Å². The maximum atomic E-state index is 11.8. The molecule has 1 fully saturated rings. The molecular weight excluding hydrogens is 326 g/mol. The van der Waals surface area contributed by atoms with Crippen LogP contribution in [0.4, 0.5) is 0 Å². The zero-order valence-electron chi connectivity index (χ0n) is 14.1. The lowest BCUT2D eigenvalue weighted by Gasteiger charge is -2.33. The van der Waals surface area contributed by atoms with E-state index < -0.39 is 0 Å². The number of thiazole rings is 1. The summed E-state index contributed by atoms with van der Waals surface area (Å²) in [5.74, 6) is 0.797. The van der Waals surface area contributed by atoms with Gasteiger partial charge in [0.25, 0.3) is 0 Å². The normalized spacial score (nSPS) is 16.6. The lowest BCUT2D eigenvalue weighted by atomic mass is 9.97. The molecule has 1 aliphatic heterocycles. The number of rotatable bonds is 4. The number of piperidine rings is 1. The molecule has 1 saturated heterocycles. The zero-order chi connectivity index (χ0) is 16.9. The molecule has 8 heteroatoms. The van der Waals surface area contributed by atoms with Crippen molar-refractivity contribution in [1.29, 1.82) is 0 Å². The third kappa shape index (κ3) is 3.69. The molecular formula is C16H23N5O2S. The van der Waals surface area contributed by atoms with Gasteiger partial charge in [0.15, 0.2) is 10.9 Å². The third-order valence-corrected chi connectivity index (χ3v) is 4.97. The second kappa shape index (κ2) is 7.65. The van der Waals surface area contributed by atoms with Gasteiger partial charge in [0.1, 0.15) is 0 Å². The number of imidazole rings is 1. The highest BCUT2D eigenvalue weighted by atomic mass is 32.1. The minimum atomic E-state index is -0.0711. The predicted molar refractivity (Wildman–Crippen MR) is 94.2 cm³/mol. The first-order chi connectivity index (χ1) is 11.7. The van der Waals surface area contributed by atoms with Gasteiger partial charge in [0.2, 0.25) is 0 Å². The van der Waals surface area contributed by atoms with Crippen molar-refractivity contribution in [3.8, 4) is 0 Å². The highest BCUT2D eigenvalue weighted by Gasteiger charge is 2.27. The van der Waals surface area contributed by atoms with Gasteiger partial charge >= 0.3 is 5.97 Å². The molecule has 0 bridgehead atoms. The molecule has 0 amide bonds. The molecule has 0 saturated carbocycles. The number of carbonyl (C=O) groups excluding carboxylic acids is 1. The number of hydrogen-bond acceptors (Lipinski definition) is 5. The average molecular weight is 349 g/mol. The second-order valence-electron chi connectivity index (χ2n) is 5.74. The summed E-state index contributed by atoms with van der Waals surface area (Å²) >= 11 is 1.62. The van der Waals surface area contributed by atoms with Gasteiger partial charge in [-0.15, -0.1) is 11.3 Å². The standard InChI is InChI=1S/C16H23N5O2S/c1-3-23-14(22)12-4-6-20(7-5-12)15(17-2)18-10-13-11-21-8-9-24-16(21)19-13/h8-9,11-12H,3-7,10H2,1-2H3,(H,17,18). The molecule has 3 heterocycles. The summed E-state index contributed by atoms with van der Waals surface area (Å²) in [5.41, 5.74) is 0.990. The zero-order valence-corrected chi connectivity index (χ0v) is 14.9. The van der Waals surface area contributed by atoms with Crippen LogP contribution in [0.3, 0.4) is 0 Å². The Labute approximate surface area is 145 Å². The molecule has 3 rings (SSSR count). The summed E-state index contributed by atoms with van der Waals surface area (Å²) in [6, 6.07) is 0. The van der Waals surface area contributed by atoms with Gasteiger partial charge < -0.3 is 15.0 Å². The van der Waals surface area contributed by atoms with Crippen molar-refractivity contribution >= 4 is 28.2 Å². The molecule has 0 aromatic carbocycles. The average Bonchev–Trinajstić information content (AvgIpc) is 3.18. The molecule has 0 aliphatic carbocycles. The number of fused-ring (bicyclic) bond motifs is 1. The van der Waals surface area contributed by atoms with Crippen molar-refractivity contribution in [3.05, 3.63) is 23.5 Å². The van der Waals surface area contributed by atoms with Crippen LogP contribution in [0.15, 0.2) is 22.8 Å². The molecule has 0 atom stereocenters. The first-order valence-corrected chi connectivity index (χ1v) is 9.12. The van der Waals surface area contributed by atoms with Crippen LogP contribution in [0.2, 0.25) is 0 Å². The van der Waals surface area contributed by atoms with E-state index in [0.29, 0.717) is 13.2 Å². The van der Waals surface area contributed by atoms with Gasteiger partial charge in [0, 0.05) is 37.9 Å². The molecule has 0 unspecified atom stereocenters. The van der Waals surface area contributed by atoms with Gasteiger partial charge in [-0.25, -0.2) is 4.98 Å². The number of ether oxygens (including phenoxy) is 1. The number of aliphatic imine (C=N–C) groups is 1. The fourth-order valence-electron chi connectivity index (χ4n) is 2.95.